The third-order valence-electron chi connectivity index (χ3n) is 3.58. The van der Waals surface area contributed by atoms with Crippen LogP contribution >= 0.6 is 0 Å². The maximum atomic E-state index is 11.1. The molecule has 21 heavy (non-hydrogen) atoms. The van der Waals surface area contributed by atoms with Gasteiger partial charge in [0.25, 0.3) is 0 Å². The van der Waals surface area contributed by atoms with Crippen LogP contribution in [0.2, 0.25) is 0 Å². The third-order valence-corrected chi connectivity index (χ3v) is 3.58. The number of aliphatic carboxylic acids is 1. The fourth-order valence-electron chi connectivity index (χ4n) is 2.26. The number of aryl methyl sites for hydroxylation is 1. The first-order chi connectivity index (χ1) is 10.0. The van der Waals surface area contributed by atoms with Crippen LogP contribution in [0.1, 0.15) is 31.4 Å². The molecule has 0 aliphatic heterocycles. The van der Waals surface area contributed by atoms with Crippen molar-refractivity contribution in [2.24, 2.45) is 5.92 Å². The van der Waals surface area contributed by atoms with E-state index in [1.807, 2.05) is 19.1 Å². The zero-order valence-electron chi connectivity index (χ0n) is 13.3. The van der Waals surface area contributed by atoms with Crippen LogP contribution in [0.4, 0.5) is 0 Å². The van der Waals surface area contributed by atoms with Crippen molar-refractivity contribution in [1.29, 1.82) is 0 Å². The van der Waals surface area contributed by atoms with Gasteiger partial charge in [0.15, 0.2) is 0 Å². The number of hydrogen-bond acceptors (Lipinski definition) is 3. The second kappa shape index (κ2) is 9.53. The van der Waals surface area contributed by atoms with Gasteiger partial charge >= 0.3 is 5.97 Å². The van der Waals surface area contributed by atoms with Crippen LogP contribution in [-0.4, -0.2) is 42.3 Å². The van der Waals surface area contributed by atoms with E-state index in [-0.39, 0.29) is 5.92 Å². The van der Waals surface area contributed by atoms with Gasteiger partial charge in [-0.1, -0.05) is 31.2 Å². The van der Waals surface area contributed by atoms with E-state index in [0.717, 1.165) is 32.7 Å². The summed E-state index contributed by atoms with van der Waals surface area (Å²) in [5, 5.41) is 9.11. The molecule has 0 aliphatic rings. The zero-order valence-corrected chi connectivity index (χ0v) is 13.3. The highest BCUT2D eigenvalue weighted by Gasteiger charge is 2.16. The van der Waals surface area contributed by atoms with Gasteiger partial charge in [0, 0.05) is 32.8 Å². The van der Waals surface area contributed by atoms with Gasteiger partial charge in [-0.15, -0.1) is 0 Å². The summed E-state index contributed by atoms with van der Waals surface area (Å²) < 4.78 is 5.37. The molecule has 0 spiro atoms. The van der Waals surface area contributed by atoms with Gasteiger partial charge in [0.2, 0.25) is 0 Å². The molecule has 0 radical (unpaired) electrons. The molecule has 0 bridgehead atoms. The Kier molecular flexibility index (Phi) is 8.01. The van der Waals surface area contributed by atoms with E-state index in [1.165, 1.54) is 11.1 Å². The van der Waals surface area contributed by atoms with E-state index in [2.05, 4.69) is 24.0 Å². The Morgan fingerprint density at radius 1 is 1.38 bits per heavy atom. The fourth-order valence-corrected chi connectivity index (χ4v) is 2.26. The average molecular weight is 293 g/mol. The largest absolute Gasteiger partial charge is 0.481 e. The van der Waals surface area contributed by atoms with E-state index in [1.54, 1.807) is 6.92 Å². The van der Waals surface area contributed by atoms with Gasteiger partial charge in [0.05, 0.1) is 5.92 Å². The first-order valence-corrected chi connectivity index (χ1v) is 7.62. The smallest absolute Gasteiger partial charge is 0.307 e. The Bertz CT molecular complexity index is 434. The van der Waals surface area contributed by atoms with Gasteiger partial charge in [-0.05, 0) is 31.4 Å². The summed E-state index contributed by atoms with van der Waals surface area (Å²) in [5.74, 6) is -1.10. The predicted octanol–water partition coefficient (Wildman–Crippen LogP) is 2.94. The second-order valence-electron chi connectivity index (χ2n) is 5.45. The third kappa shape index (κ3) is 6.74. The van der Waals surface area contributed by atoms with Crippen LogP contribution in [0.15, 0.2) is 24.3 Å². The van der Waals surface area contributed by atoms with Crippen molar-refractivity contribution in [1.82, 2.24) is 4.90 Å². The van der Waals surface area contributed by atoms with Crippen LogP contribution in [0.5, 0.6) is 0 Å². The lowest BCUT2D eigenvalue weighted by atomic mass is 10.1. The minimum absolute atomic E-state index is 0.360. The number of rotatable bonds is 10. The van der Waals surface area contributed by atoms with E-state index < -0.39 is 5.97 Å². The Labute approximate surface area is 127 Å². The number of carboxylic acid groups (broad SMARTS) is 1. The number of ether oxygens (including phenoxy) is 1. The monoisotopic (exact) mass is 293 g/mol. The topological polar surface area (TPSA) is 49.8 Å². The van der Waals surface area contributed by atoms with Gasteiger partial charge in [-0.25, -0.2) is 0 Å². The molecule has 0 aromatic heterocycles. The SMILES string of the molecule is CCOCCCN(Cc1ccccc1C)CC(C)C(=O)O. The summed E-state index contributed by atoms with van der Waals surface area (Å²) in [4.78, 5) is 13.3. The highest BCUT2D eigenvalue weighted by Crippen LogP contribution is 2.12. The standard InChI is InChI=1S/C17H27NO3/c1-4-21-11-7-10-18(12-15(3)17(19)20)13-16-9-6-5-8-14(16)2/h5-6,8-9,15H,4,7,10-13H2,1-3H3,(H,19,20). The minimum atomic E-state index is -0.741. The molecule has 4 nitrogen and oxygen atoms in total. The quantitative estimate of drug-likeness (QED) is 0.674. The Balaban J connectivity index is 2.62. The molecule has 0 amide bonds. The van der Waals surface area contributed by atoms with Crippen molar-refractivity contribution in [3.05, 3.63) is 35.4 Å². The van der Waals surface area contributed by atoms with Crippen LogP contribution in [0.3, 0.4) is 0 Å². The Morgan fingerprint density at radius 3 is 2.71 bits per heavy atom. The highest BCUT2D eigenvalue weighted by atomic mass is 16.5. The molecule has 1 aromatic rings. The lowest BCUT2D eigenvalue weighted by molar-refractivity contribution is -0.141. The summed E-state index contributed by atoms with van der Waals surface area (Å²) in [5.41, 5.74) is 2.50. The number of benzene rings is 1. The molecule has 4 heteroatoms. The van der Waals surface area contributed by atoms with Crippen molar-refractivity contribution in [2.75, 3.05) is 26.3 Å². The van der Waals surface area contributed by atoms with Crippen molar-refractivity contribution in [2.45, 2.75) is 33.7 Å². The lowest BCUT2D eigenvalue weighted by Crippen LogP contribution is -2.33. The van der Waals surface area contributed by atoms with Crippen LogP contribution in [0, 0.1) is 12.8 Å². The van der Waals surface area contributed by atoms with E-state index in [0.29, 0.717) is 6.54 Å². The summed E-state index contributed by atoms with van der Waals surface area (Å²) in [6, 6.07) is 8.25. The van der Waals surface area contributed by atoms with Gasteiger partial charge < -0.3 is 9.84 Å². The summed E-state index contributed by atoms with van der Waals surface area (Å²) in [7, 11) is 0. The molecular weight excluding hydrogens is 266 g/mol. The Hall–Kier alpha value is -1.39. The molecule has 1 N–H and O–H groups in total. The Morgan fingerprint density at radius 2 is 2.10 bits per heavy atom. The van der Waals surface area contributed by atoms with E-state index in [9.17, 15) is 4.79 Å². The molecule has 1 aromatic carbocycles. The summed E-state index contributed by atoms with van der Waals surface area (Å²) in [6.45, 7) is 9.49. The molecule has 0 saturated heterocycles. The summed E-state index contributed by atoms with van der Waals surface area (Å²) >= 11 is 0. The number of hydrogen-bond donors (Lipinski definition) is 1. The van der Waals surface area contributed by atoms with E-state index >= 15 is 0 Å². The maximum Gasteiger partial charge on any atom is 0.307 e. The van der Waals surface area contributed by atoms with Crippen LogP contribution in [0.25, 0.3) is 0 Å². The average Bonchev–Trinajstić information content (AvgIpc) is 2.45. The van der Waals surface area contributed by atoms with Crippen molar-refractivity contribution < 1.29 is 14.6 Å². The molecule has 0 saturated carbocycles. The van der Waals surface area contributed by atoms with E-state index in [4.69, 9.17) is 9.84 Å². The minimum Gasteiger partial charge on any atom is -0.481 e. The first kappa shape index (κ1) is 17.7. The fraction of sp³-hybridized carbons (Fsp3) is 0.588. The maximum absolute atomic E-state index is 11.1. The number of carbonyl (C=O) groups is 1. The van der Waals surface area contributed by atoms with Gasteiger partial charge in [-0.2, -0.15) is 0 Å². The molecule has 1 unspecified atom stereocenters. The molecule has 118 valence electrons. The van der Waals surface area contributed by atoms with Crippen LogP contribution < -0.4 is 0 Å². The molecule has 0 fully saturated rings. The predicted molar refractivity (Wildman–Crippen MR) is 84.4 cm³/mol. The van der Waals surface area contributed by atoms with Crippen molar-refractivity contribution >= 4 is 5.97 Å². The van der Waals surface area contributed by atoms with Gasteiger partial charge in [-0.3, -0.25) is 9.69 Å². The highest BCUT2D eigenvalue weighted by molar-refractivity contribution is 5.69. The summed E-state index contributed by atoms with van der Waals surface area (Å²) in [6.07, 6.45) is 0.923. The van der Waals surface area contributed by atoms with Crippen molar-refractivity contribution in [3.63, 3.8) is 0 Å². The van der Waals surface area contributed by atoms with Crippen LogP contribution in [-0.2, 0) is 16.1 Å². The first-order valence-electron chi connectivity index (χ1n) is 7.62. The second-order valence-corrected chi connectivity index (χ2v) is 5.45. The molecule has 1 rings (SSSR count). The zero-order chi connectivity index (χ0) is 15.7. The molecule has 0 aliphatic carbocycles. The molecule has 0 heterocycles. The number of carboxylic acids is 1. The molecule has 1 atom stereocenters. The molecular formula is C17H27NO3. The van der Waals surface area contributed by atoms with Crippen molar-refractivity contribution in [3.8, 4) is 0 Å². The number of nitrogens with zero attached hydrogens (tertiary/aromatic N) is 1. The van der Waals surface area contributed by atoms with Gasteiger partial charge in [0.1, 0.15) is 0 Å². The normalized spacial score (nSPS) is 12.6. The lowest BCUT2D eigenvalue weighted by Gasteiger charge is -2.25.